The van der Waals surface area contributed by atoms with Gasteiger partial charge in [0.25, 0.3) is 0 Å². The van der Waals surface area contributed by atoms with E-state index in [9.17, 15) is 0 Å². The molecule has 0 saturated carbocycles. The van der Waals surface area contributed by atoms with Crippen molar-refractivity contribution in [2.24, 2.45) is 5.41 Å². The second-order valence-electron chi connectivity index (χ2n) is 3.54. The van der Waals surface area contributed by atoms with Crippen molar-refractivity contribution in [3.05, 3.63) is 48.6 Å². The zero-order chi connectivity index (χ0) is 8.28. The fraction of sp³-hybridized carbons (Fsp3) is 0.333. The summed E-state index contributed by atoms with van der Waals surface area (Å²) in [7, 11) is 0. The maximum absolute atomic E-state index is 2.31. The Morgan fingerprint density at radius 3 is 1.92 bits per heavy atom. The molecule has 0 heterocycles. The smallest absolute Gasteiger partial charge is 0.0136 e. The van der Waals surface area contributed by atoms with E-state index >= 15 is 0 Å². The van der Waals surface area contributed by atoms with E-state index < -0.39 is 0 Å². The summed E-state index contributed by atoms with van der Waals surface area (Å²) in [4.78, 5) is 0. The van der Waals surface area contributed by atoms with Gasteiger partial charge < -0.3 is 0 Å². The third-order valence-electron chi connectivity index (χ3n) is 2.57. The van der Waals surface area contributed by atoms with E-state index in [1.807, 2.05) is 0 Å². The van der Waals surface area contributed by atoms with Gasteiger partial charge in [-0.25, -0.2) is 0 Å². The Kier molecular flexibility index (Phi) is 1.99. The molecule has 2 aliphatic rings. The maximum atomic E-state index is 2.31. The summed E-state index contributed by atoms with van der Waals surface area (Å²) in [5.74, 6) is 0. The first-order chi connectivity index (χ1) is 5.91. The molecule has 0 nitrogen and oxygen atoms in total. The zero-order valence-corrected chi connectivity index (χ0v) is 7.24. The summed E-state index contributed by atoms with van der Waals surface area (Å²) in [6.45, 7) is 0. The highest BCUT2D eigenvalue weighted by Crippen LogP contribution is 2.35. The molecule has 0 heteroatoms. The molecule has 0 N–H and O–H groups in total. The molecule has 0 bridgehead atoms. The van der Waals surface area contributed by atoms with Crippen LogP contribution >= 0.6 is 0 Å². The average Bonchev–Trinajstić information content (AvgIpc) is 2.47. The molecule has 12 heavy (non-hydrogen) atoms. The molecule has 0 radical (unpaired) electrons. The van der Waals surface area contributed by atoms with Crippen LogP contribution in [0.15, 0.2) is 48.6 Å². The molecule has 0 aromatic rings. The summed E-state index contributed by atoms with van der Waals surface area (Å²) in [6.07, 6.45) is 21.4. The second-order valence-corrected chi connectivity index (χ2v) is 3.54. The molecule has 0 aromatic heterocycles. The van der Waals surface area contributed by atoms with Gasteiger partial charge in [-0.1, -0.05) is 48.6 Å². The minimum atomic E-state index is 0.313. The Balaban J connectivity index is 2.19. The summed E-state index contributed by atoms with van der Waals surface area (Å²) in [5.41, 5.74) is 0.313. The van der Waals surface area contributed by atoms with Crippen LogP contribution in [0, 0.1) is 5.41 Å². The predicted octanol–water partition coefficient (Wildman–Crippen LogP) is 3.40. The van der Waals surface area contributed by atoms with Crippen molar-refractivity contribution in [1.29, 1.82) is 0 Å². The fourth-order valence-electron chi connectivity index (χ4n) is 1.78. The molecular weight excluding hydrogens is 144 g/mol. The van der Waals surface area contributed by atoms with E-state index in [2.05, 4.69) is 48.6 Å². The first-order valence-electron chi connectivity index (χ1n) is 4.58. The molecule has 1 spiro atoms. The first kappa shape index (κ1) is 7.60. The van der Waals surface area contributed by atoms with E-state index in [1.54, 1.807) is 0 Å². The molecule has 0 fully saturated rings. The summed E-state index contributed by atoms with van der Waals surface area (Å²) < 4.78 is 0. The zero-order valence-electron chi connectivity index (χ0n) is 7.24. The molecule has 2 rings (SSSR count). The second kappa shape index (κ2) is 3.14. The van der Waals surface area contributed by atoms with Gasteiger partial charge >= 0.3 is 0 Å². The van der Waals surface area contributed by atoms with E-state index in [-0.39, 0.29) is 0 Å². The lowest BCUT2D eigenvalue weighted by Crippen LogP contribution is -2.11. The van der Waals surface area contributed by atoms with Crippen LogP contribution in [0.2, 0.25) is 0 Å². The third kappa shape index (κ3) is 1.42. The molecule has 2 aliphatic carbocycles. The normalized spacial score (nSPS) is 30.0. The van der Waals surface area contributed by atoms with Crippen LogP contribution in [-0.4, -0.2) is 0 Å². The summed E-state index contributed by atoms with van der Waals surface area (Å²) in [6, 6.07) is 0. The molecule has 0 saturated heterocycles. The minimum Gasteiger partial charge on any atom is -0.0870 e. The highest BCUT2D eigenvalue weighted by atomic mass is 14.3. The number of hydrogen-bond acceptors (Lipinski definition) is 0. The van der Waals surface area contributed by atoms with Gasteiger partial charge in [0.1, 0.15) is 0 Å². The van der Waals surface area contributed by atoms with Crippen molar-refractivity contribution in [3.8, 4) is 0 Å². The van der Waals surface area contributed by atoms with E-state index in [0.29, 0.717) is 5.41 Å². The number of hydrogen-bond donors (Lipinski definition) is 0. The van der Waals surface area contributed by atoms with Crippen molar-refractivity contribution in [1.82, 2.24) is 0 Å². The topological polar surface area (TPSA) is 0 Å². The van der Waals surface area contributed by atoms with E-state index in [0.717, 1.165) is 19.3 Å². The molecule has 0 atom stereocenters. The lowest BCUT2D eigenvalue weighted by Gasteiger charge is -2.22. The lowest BCUT2D eigenvalue weighted by molar-refractivity contribution is 0.512. The first-order valence-corrected chi connectivity index (χ1v) is 4.58. The van der Waals surface area contributed by atoms with Crippen LogP contribution in [0.4, 0.5) is 0 Å². The largest absolute Gasteiger partial charge is 0.0870 e. The lowest BCUT2D eigenvalue weighted by atomic mass is 9.82. The van der Waals surface area contributed by atoms with Crippen molar-refractivity contribution in [2.75, 3.05) is 0 Å². The van der Waals surface area contributed by atoms with Crippen molar-refractivity contribution in [2.45, 2.75) is 19.3 Å². The molecule has 62 valence electrons. The van der Waals surface area contributed by atoms with Crippen LogP contribution in [0.1, 0.15) is 19.3 Å². The quantitative estimate of drug-likeness (QED) is 0.474. The van der Waals surface area contributed by atoms with Crippen molar-refractivity contribution in [3.63, 3.8) is 0 Å². The van der Waals surface area contributed by atoms with Crippen molar-refractivity contribution < 1.29 is 0 Å². The molecule has 0 amide bonds. The standard InChI is InChI=1S/C12H14/c1-2-4-8-12(9-5-3-1)10-6-7-11-12/h2-7,10-11H,1,8-9H2/b4-2-,5-3-. The van der Waals surface area contributed by atoms with Gasteiger partial charge in [0.15, 0.2) is 0 Å². The van der Waals surface area contributed by atoms with Gasteiger partial charge in [0.05, 0.1) is 0 Å². The highest BCUT2D eigenvalue weighted by molar-refractivity contribution is 5.28. The summed E-state index contributed by atoms with van der Waals surface area (Å²) in [5, 5.41) is 0. The Bertz CT molecular complexity index is 236. The van der Waals surface area contributed by atoms with Crippen LogP contribution < -0.4 is 0 Å². The maximum Gasteiger partial charge on any atom is 0.0136 e. The number of rotatable bonds is 0. The van der Waals surface area contributed by atoms with Gasteiger partial charge in [-0.05, 0) is 19.3 Å². The Morgan fingerprint density at radius 1 is 0.750 bits per heavy atom. The van der Waals surface area contributed by atoms with Crippen LogP contribution in [0.3, 0.4) is 0 Å². The SMILES string of the molecule is C1=CC2(C=C1)C/C=C\C/C=C\C2. The Hall–Kier alpha value is -1.04. The van der Waals surface area contributed by atoms with Gasteiger partial charge in [0, 0.05) is 5.41 Å². The van der Waals surface area contributed by atoms with Crippen LogP contribution in [0.5, 0.6) is 0 Å². The highest BCUT2D eigenvalue weighted by Gasteiger charge is 2.23. The average molecular weight is 158 g/mol. The summed E-state index contributed by atoms with van der Waals surface area (Å²) >= 11 is 0. The third-order valence-corrected chi connectivity index (χ3v) is 2.57. The van der Waals surface area contributed by atoms with Gasteiger partial charge in [-0.2, -0.15) is 0 Å². The fourth-order valence-corrected chi connectivity index (χ4v) is 1.78. The predicted molar refractivity (Wildman–Crippen MR) is 52.8 cm³/mol. The van der Waals surface area contributed by atoms with Gasteiger partial charge in [-0.15, -0.1) is 0 Å². The van der Waals surface area contributed by atoms with Crippen molar-refractivity contribution >= 4 is 0 Å². The minimum absolute atomic E-state index is 0.313. The van der Waals surface area contributed by atoms with E-state index in [1.165, 1.54) is 0 Å². The Morgan fingerprint density at radius 2 is 1.33 bits per heavy atom. The molecular formula is C12H14. The van der Waals surface area contributed by atoms with E-state index in [4.69, 9.17) is 0 Å². The Labute approximate surface area is 74.0 Å². The molecule has 0 aliphatic heterocycles. The molecule has 0 unspecified atom stereocenters. The number of allylic oxidation sites excluding steroid dienone is 8. The monoisotopic (exact) mass is 158 g/mol. The molecule has 0 aromatic carbocycles. The van der Waals surface area contributed by atoms with Crippen LogP contribution in [0.25, 0.3) is 0 Å². The van der Waals surface area contributed by atoms with Gasteiger partial charge in [0.2, 0.25) is 0 Å². The van der Waals surface area contributed by atoms with Crippen LogP contribution in [-0.2, 0) is 0 Å². The van der Waals surface area contributed by atoms with Gasteiger partial charge in [-0.3, -0.25) is 0 Å².